The van der Waals surface area contributed by atoms with Crippen LogP contribution in [0.2, 0.25) is 0 Å². The largest absolute Gasteiger partial charge is 0.482 e. The Morgan fingerprint density at radius 3 is 2.54 bits per heavy atom. The molecule has 0 aliphatic heterocycles. The fourth-order valence-corrected chi connectivity index (χ4v) is 11.0. The first-order valence-corrected chi connectivity index (χ1v) is 20.3. The van der Waals surface area contributed by atoms with Crippen molar-refractivity contribution in [3.8, 4) is 17.2 Å². The molecule has 0 unspecified atom stereocenters. The first-order chi connectivity index (χ1) is 24.9. The second kappa shape index (κ2) is 15.1. The highest BCUT2D eigenvalue weighted by Gasteiger charge is 2.56. The van der Waals surface area contributed by atoms with E-state index in [0.29, 0.717) is 33.6 Å². The van der Waals surface area contributed by atoms with Gasteiger partial charge in [0.25, 0.3) is 0 Å². The molecule has 1 heterocycles. The van der Waals surface area contributed by atoms with Crippen LogP contribution in [0.1, 0.15) is 117 Å². The van der Waals surface area contributed by atoms with Crippen LogP contribution < -0.4 is 14.9 Å². The van der Waals surface area contributed by atoms with Crippen LogP contribution in [0.15, 0.2) is 69.4 Å². The lowest BCUT2D eigenvalue weighted by molar-refractivity contribution is -0.154. The summed E-state index contributed by atoms with van der Waals surface area (Å²) >= 11 is 0. The lowest BCUT2D eigenvalue weighted by Crippen LogP contribution is -2.52. The smallest absolute Gasteiger partial charge is 0.344 e. The zero-order valence-electron chi connectivity index (χ0n) is 32.4. The molecule has 2 aromatic carbocycles. The number of allylic oxidation sites excluding steroid dienone is 1. The SMILES string of the molecule is Cc1oc2cc(OCC(=O)O[C@H]3CC[C@@]4(C)C(=CC[C@H]5[C@H]4CC[C@]4(C)C[C@H]([C@@H](C)CCCC(C)C)CC[C@@H]54)C3)ccc2c(=O)c1Oc1ccccc1. The third-order valence-electron chi connectivity index (χ3n) is 14.0. The minimum Gasteiger partial charge on any atom is -0.482 e. The number of aryl methyl sites for hydroxylation is 1. The van der Waals surface area contributed by atoms with E-state index in [4.69, 9.17) is 18.6 Å². The Balaban J connectivity index is 0.933. The van der Waals surface area contributed by atoms with Gasteiger partial charge in [-0.3, -0.25) is 4.79 Å². The number of esters is 1. The number of ether oxygens (including phenoxy) is 3. The second-order valence-corrected chi connectivity index (χ2v) is 17.8. The van der Waals surface area contributed by atoms with E-state index in [0.717, 1.165) is 54.8 Å². The van der Waals surface area contributed by atoms with Gasteiger partial charge in [0.2, 0.25) is 11.2 Å². The van der Waals surface area contributed by atoms with E-state index < -0.39 is 0 Å². The Labute approximate surface area is 310 Å². The molecule has 3 fully saturated rings. The molecule has 3 saturated carbocycles. The number of carbonyl (C=O) groups excluding carboxylic acids is 1. The molecule has 4 aliphatic rings. The van der Waals surface area contributed by atoms with Crippen LogP contribution in [0.3, 0.4) is 0 Å². The van der Waals surface area contributed by atoms with Crippen molar-refractivity contribution in [2.24, 2.45) is 46.3 Å². The van der Waals surface area contributed by atoms with E-state index in [1.165, 1.54) is 63.4 Å². The minimum atomic E-state index is -0.365. The molecule has 6 nitrogen and oxygen atoms in total. The van der Waals surface area contributed by atoms with Crippen molar-refractivity contribution in [1.29, 1.82) is 0 Å². The maximum atomic E-state index is 13.2. The van der Waals surface area contributed by atoms with Gasteiger partial charge in [0.05, 0.1) is 5.39 Å². The first kappa shape index (κ1) is 36.8. The van der Waals surface area contributed by atoms with Crippen molar-refractivity contribution >= 4 is 16.9 Å². The number of hydrogen-bond acceptors (Lipinski definition) is 6. The average Bonchev–Trinajstić information content (AvgIpc) is 3.12. The van der Waals surface area contributed by atoms with Crippen LogP contribution in [0.25, 0.3) is 11.0 Å². The summed E-state index contributed by atoms with van der Waals surface area (Å²) in [7, 11) is 0. The van der Waals surface area contributed by atoms with E-state index in [2.05, 4.69) is 40.7 Å². The number of carbonyl (C=O) groups is 1. The summed E-state index contributed by atoms with van der Waals surface area (Å²) in [5.74, 6) is 6.09. The highest BCUT2D eigenvalue weighted by molar-refractivity contribution is 5.80. The second-order valence-electron chi connectivity index (χ2n) is 17.8. The van der Waals surface area contributed by atoms with Gasteiger partial charge in [-0.1, -0.05) is 83.7 Å². The maximum Gasteiger partial charge on any atom is 0.344 e. The van der Waals surface area contributed by atoms with E-state index in [1.54, 1.807) is 37.3 Å². The molecule has 0 saturated heterocycles. The van der Waals surface area contributed by atoms with E-state index in [-0.39, 0.29) is 35.3 Å². The van der Waals surface area contributed by atoms with Crippen molar-refractivity contribution in [2.75, 3.05) is 6.61 Å². The summed E-state index contributed by atoms with van der Waals surface area (Å²) in [4.78, 5) is 26.2. The summed E-state index contributed by atoms with van der Waals surface area (Å²) in [6.45, 7) is 13.9. The monoisotopic (exact) mass is 708 g/mol. The summed E-state index contributed by atoms with van der Waals surface area (Å²) in [6, 6.07) is 14.1. The molecule has 7 rings (SSSR count). The average molecular weight is 709 g/mol. The van der Waals surface area contributed by atoms with Gasteiger partial charge in [0, 0.05) is 12.5 Å². The Morgan fingerprint density at radius 2 is 1.75 bits per heavy atom. The van der Waals surface area contributed by atoms with Crippen LogP contribution >= 0.6 is 0 Å². The summed E-state index contributed by atoms with van der Waals surface area (Å²) < 4.78 is 23.7. The summed E-state index contributed by atoms with van der Waals surface area (Å²) in [5.41, 5.74) is 2.34. The van der Waals surface area contributed by atoms with Gasteiger partial charge in [-0.25, -0.2) is 4.79 Å². The van der Waals surface area contributed by atoms with Crippen molar-refractivity contribution in [3.63, 3.8) is 0 Å². The molecule has 0 N–H and O–H groups in total. The predicted octanol–water partition coefficient (Wildman–Crippen LogP) is 11.6. The number of fused-ring (bicyclic) bond motifs is 6. The molecule has 0 spiro atoms. The van der Waals surface area contributed by atoms with Crippen LogP contribution in [0.4, 0.5) is 0 Å². The molecular formula is C46H60O6. The van der Waals surface area contributed by atoms with Crippen molar-refractivity contribution in [3.05, 3.63) is 76.2 Å². The van der Waals surface area contributed by atoms with Crippen molar-refractivity contribution in [2.45, 2.75) is 125 Å². The quantitative estimate of drug-likeness (QED) is 0.146. The molecule has 0 bridgehead atoms. The molecule has 3 aromatic rings. The fraction of sp³-hybridized carbons (Fsp3) is 0.609. The van der Waals surface area contributed by atoms with Gasteiger partial charge in [0.15, 0.2) is 6.61 Å². The maximum absolute atomic E-state index is 13.2. The Kier molecular flexibility index (Phi) is 10.7. The predicted molar refractivity (Wildman–Crippen MR) is 207 cm³/mol. The number of benzene rings is 2. The highest BCUT2D eigenvalue weighted by atomic mass is 16.6. The van der Waals surface area contributed by atoms with E-state index >= 15 is 0 Å². The number of rotatable bonds is 11. The first-order valence-electron chi connectivity index (χ1n) is 20.3. The Bertz CT molecular complexity index is 1820. The van der Waals surface area contributed by atoms with E-state index in [9.17, 15) is 9.59 Å². The van der Waals surface area contributed by atoms with Gasteiger partial charge in [-0.05, 0) is 129 Å². The Hall–Kier alpha value is -3.54. The molecule has 52 heavy (non-hydrogen) atoms. The van der Waals surface area contributed by atoms with Crippen molar-refractivity contribution in [1.82, 2.24) is 0 Å². The van der Waals surface area contributed by atoms with Gasteiger partial charge in [0.1, 0.15) is 28.9 Å². The molecule has 280 valence electrons. The molecule has 8 atom stereocenters. The molecule has 6 heteroatoms. The van der Waals surface area contributed by atoms with Gasteiger partial charge < -0.3 is 18.6 Å². The zero-order chi connectivity index (χ0) is 36.6. The summed E-state index contributed by atoms with van der Waals surface area (Å²) in [6.07, 6.45) is 17.5. The zero-order valence-corrected chi connectivity index (χ0v) is 32.4. The Morgan fingerprint density at radius 1 is 0.942 bits per heavy atom. The topological polar surface area (TPSA) is 75.0 Å². The molecular weight excluding hydrogens is 649 g/mol. The van der Waals surface area contributed by atoms with Crippen LogP contribution in [0.5, 0.6) is 17.2 Å². The van der Waals surface area contributed by atoms with Gasteiger partial charge >= 0.3 is 5.97 Å². The van der Waals surface area contributed by atoms with Gasteiger partial charge in [-0.15, -0.1) is 0 Å². The van der Waals surface area contributed by atoms with Crippen LogP contribution in [0, 0.1) is 53.3 Å². The standard InChI is InChI=1S/C46H60O6/c1-29(2)11-10-12-30(3)32-15-20-39-37-18-16-33-25-36(21-24-46(33,6)40(37)22-23-45(39,5)27-32)51-42(47)28-49-35-17-19-38-41(26-35)50-31(4)44(43(38)48)52-34-13-8-7-9-14-34/h7-9,13-14,16-17,19,26,29-30,32,36-37,39-40H,10-12,15,18,20-25,27-28H2,1-6H3/t30-,32+,36-,37+,39-,40+,45+,46-/m0/s1. The van der Waals surface area contributed by atoms with Crippen molar-refractivity contribution < 1.29 is 23.4 Å². The normalized spacial score (nSPS) is 30.4. The molecule has 1 aromatic heterocycles. The number of para-hydroxylation sites is 1. The molecule has 0 radical (unpaired) electrons. The molecule has 4 aliphatic carbocycles. The molecule has 0 amide bonds. The van der Waals surface area contributed by atoms with Gasteiger partial charge in [-0.2, -0.15) is 0 Å². The third kappa shape index (κ3) is 7.46. The van der Waals surface area contributed by atoms with E-state index in [1.807, 2.05) is 18.2 Å². The van der Waals surface area contributed by atoms with Crippen LogP contribution in [-0.4, -0.2) is 18.7 Å². The van der Waals surface area contributed by atoms with Crippen LogP contribution in [-0.2, 0) is 9.53 Å². The highest BCUT2D eigenvalue weighted by Crippen LogP contribution is 2.65. The summed E-state index contributed by atoms with van der Waals surface area (Å²) in [5, 5.41) is 0.386. The lowest BCUT2D eigenvalue weighted by atomic mass is 9.44. The fourth-order valence-electron chi connectivity index (χ4n) is 11.0. The third-order valence-corrected chi connectivity index (χ3v) is 14.0. The minimum absolute atomic E-state index is 0.117. The number of hydrogen-bond donors (Lipinski definition) is 0. The lowest BCUT2D eigenvalue weighted by Gasteiger charge is -2.61.